The van der Waals surface area contributed by atoms with E-state index in [9.17, 15) is 5.11 Å². The fourth-order valence-electron chi connectivity index (χ4n) is 1.44. The van der Waals surface area contributed by atoms with Gasteiger partial charge in [0, 0.05) is 10.5 Å². The predicted octanol–water partition coefficient (Wildman–Crippen LogP) is 2.40. The molecule has 2 nitrogen and oxygen atoms in total. The SMILES string of the molecule is CSc1cccc(O)c1CCCCN. The van der Waals surface area contributed by atoms with Gasteiger partial charge in [-0.15, -0.1) is 11.8 Å². The van der Waals surface area contributed by atoms with E-state index in [0.29, 0.717) is 5.75 Å². The molecule has 1 aromatic carbocycles. The Morgan fingerprint density at radius 3 is 2.79 bits per heavy atom. The van der Waals surface area contributed by atoms with Crippen LogP contribution < -0.4 is 5.73 Å². The van der Waals surface area contributed by atoms with Crippen molar-refractivity contribution >= 4 is 11.8 Å². The van der Waals surface area contributed by atoms with E-state index in [1.165, 1.54) is 4.90 Å². The maximum atomic E-state index is 9.68. The zero-order chi connectivity index (χ0) is 10.4. The Morgan fingerprint density at radius 2 is 2.14 bits per heavy atom. The van der Waals surface area contributed by atoms with Crippen LogP contribution in [0.15, 0.2) is 23.1 Å². The molecule has 0 aliphatic carbocycles. The first-order valence-electron chi connectivity index (χ1n) is 4.84. The molecule has 0 radical (unpaired) electrons. The van der Waals surface area contributed by atoms with Gasteiger partial charge in [-0.05, 0) is 44.2 Å². The summed E-state index contributed by atoms with van der Waals surface area (Å²) in [6.45, 7) is 0.724. The fourth-order valence-corrected chi connectivity index (χ4v) is 2.11. The van der Waals surface area contributed by atoms with E-state index in [0.717, 1.165) is 31.4 Å². The highest BCUT2D eigenvalue weighted by molar-refractivity contribution is 7.98. The Balaban J connectivity index is 2.72. The third-order valence-electron chi connectivity index (χ3n) is 2.21. The van der Waals surface area contributed by atoms with Crippen molar-refractivity contribution in [3.63, 3.8) is 0 Å². The van der Waals surface area contributed by atoms with Crippen LogP contribution in [0.25, 0.3) is 0 Å². The largest absolute Gasteiger partial charge is 0.508 e. The maximum Gasteiger partial charge on any atom is 0.119 e. The zero-order valence-electron chi connectivity index (χ0n) is 8.49. The molecule has 78 valence electrons. The fraction of sp³-hybridized carbons (Fsp3) is 0.455. The second-order valence-electron chi connectivity index (χ2n) is 3.20. The Labute approximate surface area is 89.5 Å². The van der Waals surface area contributed by atoms with Gasteiger partial charge in [-0.25, -0.2) is 0 Å². The van der Waals surface area contributed by atoms with Crippen LogP contribution in [-0.2, 0) is 6.42 Å². The smallest absolute Gasteiger partial charge is 0.119 e. The van der Waals surface area contributed by atoms with Crippen LogP contribution in [0, 0.1) is 0 Å². The molecule has 3 N–H and O–H groups in total. The summed E-state index contributed by atoms with van der Waals surface area (Å²) in [7, 11) is 0. The van der Waals surface area contributed by atoms with Crippen molar-refractivity contribution in [2.45, 2.75) is 24.2 Å². The number of phenolic OH excluding ortho intramolecular Hbond substituents is 1. The van der Waals surface area contributed by atoms with Gasteiger partial charge in [0.15, 0.2) is 0 Å². The summed E-state index contributed by atoms with van der Waals surface area (Å²) in [6.07, 6.45) is 5.01. The zero-order valence-corrected chi connectivity index (χ0v) is 9.31. The van der Waals surface area contributed by atoms with Crippen LogP contribution in [0.5, 0.6) is 5.75 Å². The van der Waals surface area contributed by atoms with Gasteiger partial charge in [-0.2, -0.15) is 0 Å². The van der Waals surface area contributed by atoms with Crippen LogP contribution >= 0.6 is 11.8 Å². The number of aromatic hydroxyl groups is 1. The number of benzene rings is 1. The summed E-state index contributed by atoms with van der Waals surface area (Å²) in [5, 5.41) is 9.68. The van der Waals surface area contributed by atoms with E-state index in [1.54, 1.807) is 17.8 Å². The molecule has 0 atom stereocenters. The first-order valence-corrected chi connectivity index (χ1v) is 6.07. The maximum absolute atomic E-state index is 9.68. The molecule has 0 bridgehead atoms. The second-order valence-corrected chi connectivity index (χ2v) is 4.05. The first-order chi connectivity index (χ1) is 6.79. The van der Waals surface area contributed by atoms with Crippen molar-refractivity contribution < 1.29 is 5.11 Å². The second kappa shape index (κ2) is 5.94. The predicted molar refractivity (Wildman–Crippen MR) is 61.9 cm³/mol. The summed E-state index contributed by atoms with van der Waals surface area (Å²) >= 11 is 1.68. The molecule has 0 aliphatic heterocycles. The van der Waals surface area contributed by atoms with Gasteiger partial charge in [0.25, 0.3) is 0 Å². The van der Waals surface area contributed by atoms with Crippen LogP contribution in [0.3, 0.4) is 0 Å². The molecule has 0 aromatic heterocycles. The molecule has 1 rings (SSSR count). The Hall–Kier alpha value is -0.670. The van der Waals surface area contributed by atoms with E-state index < -0.39 is 0 Å². The molecule has 0 aliphatic rings. The highest BCUT2D eigenvalue weighted by Crippen LogP contribution is 2.29. The van der Waals surface area contributed by atoms with Gasteiger partial charge in [0.1, 0.15) is 5.75 Å². The van der Waals surface area contributed by atoms with Gasteiger partial charge in [0.2, 0.25) is 0 Å². The van der Waals surface area contributed by atoms with Crippen LogP contribution in [0.1, 0.15) is 18.4 Å². The number of unbranched alkanes of at least 4 members (excludes halogenated alkanes) is 1. The van der Waals surface area contributed by atoms with Crippen molar-refractivity contribution in [2.24, 2.45) is 5.73 Å². The molecular formula is C11H17NOS. The third-order valence-corrected chi connectivity index (χ3v) is 3.03. The van der Waals surface area contributed by atoms with Gasteiger partial charge in [-0.3, -0.25) is 0 Å². The van der Waals surface area contributed by atoms with Crippen molar-refractivity contribution in [2.75, 3.05) is 12.8 Å². The molecule has 0 fully saturated rings. The van der Waals surface area contributed by atoms with Gasteiger partial charge in [0.05, 0.1) is 0 Å². The van der Waals surface area contributed by atoms with E-state index in [-0.39, 0.29) is 0 Å². The lowest BCUT2D eigenvalue weighted by molar-refractivity contribution is 0.464. The Bertz CT molecular complexity index is 289. The van der Waals surface area contributed by atoms with E-state index >= 15 is 0 Å². The first kappa shape index (κ1) is 11.4. The summed E-state index contributed by atoms with van der Waals surface area (Å²) < 4.78 is 0. The monoisotopic (exact) mass is 211 g/mol. The van der Waals surface area contributed by atoms with Crippen molar-refractivity contribution in [1.29, 1.82) is 0 Å². The average Bonchev–Trinajstić information content (AvgIpc) is 2.20. The topological polar surface area (TPSA) is 46.2 Å². The Kier molecular flexibility index (Phi) is 4.84. The molecule has 0 saturated heterocycles. The van der Waals surface area contributed by atoms with Crippen molar-refractivity contribution in [3.8, 4) is 5.75 Å². The number of hydrogen-bond acceptors (Lipinski definition) is 3. The molecular weight excluding hydrogens is 194 g/mol. The summed E-state index contributed by atoms with van der Waals surface area (Å²) in [5.41, 5.74) is 6.50. The van der Waals surface area contributed by atoms with Crippen LogP contribution in [0.4, 0.5) is 0 Å². The van der Waals surface area contributed by atoms with E-state index in [1.807, 2.05) is 18.4 Å². The van der Waals surface area contributed by atoms with Crippen molar-refractivity contribution in [1.82, 2.24) is 0 Å². The number of hydrogen-bond donors (Lipinski definition) is 2. The van der Waals surface area contributed by atoms with Gasteiger partial charge >= 0.3 is 0 Å². The van der Waals surface area contributed by atoms with Gasteiger partial charge < -0.3 is 10.8 Å². The standard InChI is InChI=1S/C11H17NOS/c1-14-11-7-4-6-10(13)9(11)5-2-3-8-12/h4,6-7,13H,2-3,5,8,12H2,1H3. The average molecular weight is 211 g/mol. The molecule has 14 heavy (non-hydrogen) atoms. The van der Waals surface area contributed by atoms with E-state index in [4.69, 9.17) is 5.73 Å². The highest BCUT2D eigenvalue weighted by Gasteiger charge is 2.05. The van der Waals surface area contributed by atoms with Gasteiger partial charge in [-0.1, -0.05) is 6.07 Å². The third kappa shape index (κ3) is 2.93. The lowest BCUT2D eigenvalue weighted by atomic mass is 10.1. The molecule has 0 unspecified atom stereocenters. The summed E-state index contributed by atoms with van der Waals surface area (Å²) in [4.78, 5) is 1.17. The Morgan fingerprint density at radius 1 is 1.36 bits per heavy atom. The number of rotatable bonds is 5. The number of nitrogens with two attached hydrogens (primary N) is 1. The molecule has 0 amide bonds. The summed E-state index contributed by atoms with van der Waals surface area (Å²) in [5.74, 6) is 0.411. The van der Waals surface area contributed by atoms with Crippen LogP contribution in [0.2, 0.25) is 0 Å². The number of thioether (sulfide) groups is 1. The van der Waals surface area contributed by atoms with Crippen molar-refractivity contribution in [3.05, 3.63) is 23.8 Å². The lowest BCUT2D eigenvalue weighted by Gasteiger charge is -2.08. The highest BCUT2D eigenvalue weighted by atomic mass is 32.2. The molecule has 0 spiro atoms. The van der Waals surface area contributed by atoms with Crippen LogP contribution in [-0.4, -0.2) is 17.9 Å². The number of phenols is 1. The minimum atomic E-state index is 0.411. The normalized spacial score (nSPS) is 10.4. The van der Waals surface area contributed by atoms with E-state index in [2.05, 4.69) is 0 Å². The minimum Gasteiger partial charge on any atom is -0.508 e. The lowest BCUT2D eigenvalue weighted by Crippen LogP contribution is -1.99. The molecule has 1 aromatic rings. The molecule has 3 heteroatoms. The molecule has 0 saturated carbocycles. The quantitative estimate of drug-likeness (QED) is 0.580. The summed E-state index contributed by atoms with van der Waals surface area (Å²) in [6, 6.07) is 5.67. The molecule has 0 heterocycles. The minimum absolute atomic E-state index is 0.411.